The van der Waals surface area contributed by atoms with Crippen LogP contribution in [0.1, 0.15) is 91.9 Å². The van der Waals surface area contributed by atoms with Gasteiger partial charge in [0.05, 0.1) is 0 Å². The van der Waals surface area contributed by atoms with Gasteiger partial charge in [0.1, 0.15) is 0 Å². The highest BCUT2D eigenvalue weighted by molar-refractivity contribution is 5.15. The van der Waals surface area contributed by atoms with Gasteiger partial charge in [-0.2, -0.15) is 0 Å². The van der Waals surface area contributed by atoms with Gasteiger partial charge in [0.25, 0.3) is 0 Å². The number of rotatable bonds is 11. The summed E-state index contributed by atoms with van der Waals surface area (Å²) in [7, 11) is 0. The zero-order valence-electron chi connectivity index (χ0n) is 16.2. The number of hydrogen-bond donors (Lipinski definition) is 0. The molecular formula is C23H40. The molecule has 0 bridgehead atoms. The molecule has 0 heterocycles. The molecule has 1 fully saturated rings. The molecule has 23 heavy (non-hydrogen) atoms. The van der Waals surface area contributed by atoms with E-state index in [9.17, 15) is 0 Å². The van der Waals surface area contributed by atoms with Gasteiger partial charge in [-0.25, -0.2) is 0 Å². The van der Waals surface area contributed by atoms with Crippen LogP contribution >= 0.6 is 0 Å². The zero-order chi connectivity index (χ0) is 17.1. The Hall–Kier alpha value is -0.780. The van der Waals surface area contributed by atoms with Crippen molar-refractivity contribution in [2.45, 2.75) is 91.9 Å². The predicted molar refractivity (Wildman–Crippen MR) is 106 cm³/mol. The fraction of sp³-hybridized carbons (Fsp3) is 0.739. The zero-order valence-corrected chi connectivity index (χ0v) is 16.2. The molecule has 0 N–H and O–H groups in total. The van der Waals surface area contributed by atoms with E-state index in [1.165, 1.54) is 69.8 Å². The molecule has 1 aliphatic rings. The Morgan fingerprint density at radius 3 is 2.52 bits per heavy atom. The average Bonchev–Trinajstić information content (AvgIpc) is 2.86. The van der Waals surface area contributed by atoms with Crippen LogP contribution in [0.15, 0.2) is 36.5 Å². The minimum atomic E-state index is 0.456. The molecule has 0 aliphatic heterocycles. The Balaban J connectivity index is 2.45. The molecule has 1 aliphatic carbocycles. The van der Waals surface area contributed by atoms with Crippen molar-refractivity contribution in [3.8, 4) is 0 Å². The molecule has 0 aromatic carbocycles. The first kappa shape index (κ1) is 20.3. The van der Waals surface area contributed by atoms with E-state index in [1.807, 2.05) is 0 Å². The van der Waals surface area contributed by atoms with Crippen molar-refractivity contribution in [3.05, 3.63) is 36.5 Å². The van der Waals surface area contributed by atoms with E-state index in [0.717, 1.165) is 5.92 Å². The first-order valence-electron chi connectivity index (χ1n) is 9.99. The molecule has 1 unspecified atom stereocenters. The van der Waals surface area contributed by atoms with Gasteiger partial charge in [-0.3, -0.25) is 0 Å². The molecule has 0 nitrogen and oxygen atoms in total. The minimum Gasteiger partial charge on any atom is -0.0995 e. The van der Waals surface area contributed by atoms with Crippen LogP contribution in [0.4, 0.5) is 0 Å². The Labute approximate surface area is 146 Å². The molecule has 0 spiro atoms. The van der Waals surface area contributed by atoms with Crippen molar-refractivity contribution in [2.24, 2.45) is 17.3 Å². The molecule has 0 amide bonds. The average molecular weight is 317 g/mol. The Morgan fingerprint density at radius 1 is 1.09 bits per heavy atom. The van der Waals surface area contributed by atoms with Crippen LogP contribution in [0, 0.1) is 17.3 Å². The fourth-order valence-corrected chi connectivity index (χ4v) is 3.62. The van der Waals surface area contributed by atoms with Gasteiger partial charge in [0.2, 0.25) is 0 Å². The highest BCUT2D eigenvalue weighted by atomic mass is 14.3. The maximum atomic E-state index is 4.33. The van der Waals surface area contributed by atoms with Crippen molar-refractivity contribution in [1.82, 2.24) is 0 Å². The lowest BCUT2D eigenvalue weighted by Crippen LogP contribution is -2.10. The summed E-state index contributed by atoms with van der Waals surface area (Å²) in [6.45, 7) is 13.7. The van der Waals surface area contributed by atoms with Gasteiger partial charge in [-0.15, -0.1) is 0 Å². The van der Waals surface area contributed by atoms with Crippen molar-refractivity contribution < 1.29 is 0 Å². The molecular weight excluding hydrogens is 276 g/mol. The summed E-state index contributed by atoms with van der Waals surface area (Å²) >= 11 is 0. The highest BCUT2D eigenvalue weighted by Crippen LogP contribution is 2.39. The quantitative estimate of drug-likeness (QED) is 0.269. The summed E-state index contributed by atoms with van der Waals surface area (Å²) in [5.74, 6) is 1.41. The topological polar surface area (TPSA) is 0 Å². The molecule has 0 saturated heterocycles. The van der Waals surface area contributed by atoms with Crippen LogP contribution in [0.5, 0.6) is 0 Å². The number of hydrogen-bond acceptors (Lipinski definition) is 0. The van der Waals surface area contributed by atoms with Gasteiger partial charge in [-0.05, 0) is 55.8 Å². The Bertz CT molecular complexity index is 383. The molecule has 1 saturated carbocycles. The SMILES string of the molecule is C=C1CCC(/C=C/CC(C)(C)CCCC)[C@H]1C/C=C\CCCC. The highest BCUT2D eigenvalue weighted by Gasteiger charge is 2.27. The maximum Gasteiger partial charge on any atom is -0.0108 e. The van der Waals surface area contributed by atoms with E-state index in [4.69, 9.17) is 0 Å². The lowest BCUT2D eigenvalue weighted by Gasteiger charge is -2.23. The molecule has 132 valence electrons. The van der Waals surface area contributed by atoms with Gasteiger partial charge >= 0.3 is 0 Å². The molecule has 0 aromatic heterocycles. The maximum absolute atomic E-state index is 4.33. The standard InChI is InChI=1S/C23H40/c1-6-8-10-11-12-15-22-20(3)16-17-21(22)14-13-19-23(4,5)18-9-7-2/h11-14,21-22H,3,6-10,15-19H2,1-2,4-5H3/b12-11-,14-13+/t21?,22-/m0/s1. The minimum absolute atomic E-state index is 0.456. The molecule has 1 rings (SSSR count). The van der Waals surface area contributed by atoms with E-state index >= 15 is 0 Å². The summed E-state index contributed by atoms with van der Waals surface area (Å²) in [5.41, 5.74) is 1.93. The molecule has 2 atom stereocenters. The van der Waals surface area contributed by atoms with Gasteiger partial charge < -0.3 is 0 Å². The molecule has 0 heteroatoms. The predicted octanol–water partition coefficient (Wildman–Crippen LogP) is 7.87. The summed E-state index contributed by atoms with van der Waals surface area (Å²) in [4.78, 5) is 0. The fourth-order valence-electron chi connectivity index (χ4n) is 3.62. The summed E-state index contributed by atoms with van der Waals surface area (Å²) in [6, 6.07) is 0. The van der Waals surface area contributed by atoms with Crippen LogP contribution in [-0.2, 0) is 0 Å². The van der Waals surface area contributed by atoms with E-state index in [0.29, 0.717) is 11.3 Å². The smallest absolute Gasteiger partial charge is 0.0108 e. The first-order chi connectivity index (χ1) is 11.0. The van der Waals surface area contributed by atoms with Crippen molar-refractivity contribution in [2.75, 3.05) is 0 Å². The summed E-state index contributed by atoms with van der Waals surface area (Å²) in [5, 5.41) is 0. The summed E-state index contributed by atoms with van der Waals surface area (Å²) < 4.78 is 0. The Kier molecular flexibility index (Phi) is 9.60. The van der Waals surface area contributed by atoms with Crippen LogP contribution in [0.3, 0.4) is 0 Å². The number of allylic oxidation sites excluding steroid dienone is 5. The number of unbranched alkanes of at least 4 members (excludes halogenated alkanes) is 3. The monoisotopic (exact) mass is 316 g/mol. The third-order valence-electron chi connectivity index (χ3n) is 5.38. The van der Waals surface area contributed by atoms with E-state index in [2.05, 4.69) is 58.6 Å². The van der Waals surface area contributed by atoms with Crippen LogP contribution in [0.2, 0.25) is 0 Å². The van der Waals surface area contributed by atoms with E-state index in [1.54, 1.807) is 0 Å². The lowest BCUT2D eigenvalue weighted by molar-refractivity contribution is 0.327. The second kappa shape index (κ2) is 10.9. The normalized spacial score (nSPS) is 22.7. The Morgan fingerprint density at radius 2 is 1.83 bits per heavy atom. The lowest BCUT2D eigenvalue weighted by atomic mass is 9.83. The second-order valence-corrected chi connectivity index (χ2v) is 8.22. The van der Waals surface area contributed by atoms with Crippen LogP contribution in [-0.4, -0.2) is 0 Å². The van der Waals surface area contributed by atoms with E-state index < -0.39 is 0 Å². The van der Waals surface area contributed by atoms with Crippen LogP contribution in [0.25, 0.3) is 0 Å². The van der Waals surface area contributed by atoms with Gasteiger partial charge in [0, 0.05) is 0 Å². The van der Waals surface area contributed by atoms with Gasteiger partial charge in [-0.1, -0.05) is 89.8 Å². The van der Waals surface area contributed by atoms with Crippen LogP contribution < -0.4 is 0 Å². The third-order valence-corrected chi connectivity index (χ3v) is 5.38. The first-order valence-corrected chi connectivity index (χ1v) is 9.99. The largest absolute Gasteiger partial charge is 0.0995 e. The van der Waals surface area contributed by atoms with Crippen molar-refractivity contribution in [3.63, 3.8) is 0 Å². The molecule has 0 radical (unpaired) electrons. The van der Waals surface area contributed by atoms with Gasteiger partial charge in [0.15, 0.2) is 0 Å². The van der Waals surface area contributed by atoms with E-state index in [-0.39, 0.29) is 0 Å². The second-order valence-electron chi connectivity index (χ2n) is 8.22. The van der Waals surface area contributed by atoms with Crippen molar-refractivity contribution >= 4 is 0 Å². The van der Waals surface area contributed by atoms with Crippen molar-refractivity contribution in [1.29, 1.82) is 0 Å². The summed E-state index contributed by atoms with van der Waals surface area (Å²) in [6.07, 6.45) is 22.5. The third kappa shape index (κ3) is 8.04. The molecule has 0 aromatic rings.